The summed E-state index contributed by atoms with van der Waals surface area (Å²) < 4.78 is 66.5. The van der Waals surface area contributed by atoms with Crippen LogP contribution in [0.15, 0.2) is 0 Å². The molecule has 23 heavy (non-hydrogen) atoms. The highest BCUT2D eigenvalue weighted by molar-refractivity contribution is 7.86. The van der Waals surface area contributed by atoms with Gasteiger partial charge in [-0.05, 0) is 51.1 Å². The van der Waals surface area contributed by atoms with Gasteiger partial charge in [-0.3, -0.25) is 9.11 Å². The van der Waals surface area contributed by atoms with Gasteiger partial charge in [-0.1, -0.05) is 12.8 Å². The van der Waals surface area contributed by atoms with Gasteiger partial charge in [0.15, 0.2) is 16.6 Å². The summed E-state index contributed by atoms with van der Waals surface area (Å²) in [5.41, 5.74) is 0. The maximum Gasteiger partial charge on any atom is 0.264 e. The van der Waals surface area contributed by atoms with Crippen LogP contribution in [0.25, 0.3) is 0 Å². The predicted octanol–water partition coefficient (Wildman–Crippen LogP) is 2.75. The van der Waals surface area contributed by atoms with Crippen LogP contribution in [0.3, 0.4) is 0 Å². The molecule has 0 saturated carbocycles. The molecule has 0 aliphatic heterocycles. The molecular formula is C12H30O7S2Si2. The quantitative estimate of drug-likeness (QED) is 0.290. The number of unbranched alkanes of at least 4 members (excludes halogenated alkanes) is 2. The van der Waals surface area contributed by atoms with Crippen LogP contribution in [0.2, 0.25) is 38.3 Å². The van der Waals surface area contributed by atoms with Gasteiger partial charge in [-0.2, -0.15) is 16.8 Å². The summed E-state index contributed by atoms with van der Waals surface area (Å²) in [6.45, 7) is 8.36. The van der Waals surface area contributed by atoms with E-state index in [9.17, 15) is 16.8 Å². The second kappa shape index (κ2) is 9.06. The molecule has 0 fully saturated rings. The first-order chi connectivity index (χ1) is 10.1. The molecule has 0 bridgehead atoms. The Morgan fingerprint density at radius 2 is 1.00 bits per heavy atom. The number of hydrogen-bond donors (Lipinski definition) is 2. The molecule has 0 unspecified atom stereocenters. The summed E-state index contributed by atoms with van der Waals surface area (Å²) in [6.07, 6.45) is 2.25. The standard InChI is InChI=1S/C12H30O7S2Si2/c1-22(2,11-7-5-9-20(13,14)15)19-23(3,4)12-8-6-10-21(16,17)18/h5-12H2,1-4H3,(H,13,14,15)(H,16,17,18). The zero-order valence-corrected chi connectivity index (χ0v) is 18.0. The third-order valence-electron chi connectivity index (χ3n) is 3.41. The Morgan fingerprint density at radius 1 is 0.696 bits per heavy atom. The topological polar surface area (TPSA) is 118 Å². The van der Waals surface area contributed by atoms with Gasteiger partial charge >= 0.3 is 0 Å². The Balaban J connectivity index is 4.18. The Kier molecular flexibility index (Phi) is 9.15. The second-order valence-corrected chi connectivity index (χ2v) is 19.1. The lowest BCUT2D eigenvalue weighted by Gasteiger charge is -2.34. The van der Waals surface area contributed by atoms with Crippen LogP contribution in [0.4, 0.5) is 0 Å². The smallest absolute Gasteiger partial charge is 0.264 e. The molecule has 0 aromatic carbocycles. The predicted molar refractivity (Wildman–Crippen MR) is 97.0 cm³/mol. The van der Waals surface area contributed by atoms with E-state index in [2.05, 4.69) is 26.2 Å². The van der Waals surface area contributed by atoms with Gasteiger partial charge in [0, 0.05) is 0 Å². The van der Waals surface area contributed by atoms with E-state index >= 15 is 0 Å². The molecule has 0 atom stereocenters. The first kappa shape index (κ1) is 23.2. The summed E-state index contributed by atoms with van der Waals surface area (Å²) in [5, 5.41) is 0. The minimum Gasteiger partial charge on any atom is -0.455 e. The summed E-state index contributed by atoms with van der Waals surface area (Å²) in [6, 6.07) is 1.65. The van der Waals surface area contributed by atoms with Crippen molar-refractivity contribution in [1.29, 1.82) is 0 Å². The van der Waals surface area contributed by atoms with Crippen molar-refractivity contribution >= 4 is 36.9 Å². The third-order valence-corrected chi connectivity index (χ3v) is 12.6. The Bertz CT molecular complexity index is 506. The normalized spacial score (nSPS) is 14.2. The van der Waals surface area contributed by atoms with Crippen molar-refractivity contribution in [2.75, 3.05) is 11.5 Å². The van der Waals surface area contributed by atoms with Crippen LogP contribution in [0, 0.1) is 0 Å². The average molecular weight is 407 g/mol. The maximum absolute atomic E-state index is 10.7. The van der Waals surface area contributed by atoms with E-state index < -0.39 is 36.9 Å². The Morgan fingerprint density at radius 3 is 1.26 bits per heavy atom. The molecule has 0 aliphatic rings. The van der Waals surface area contributed by atoms with E-state index in [1.54, 1.807) is 0 Å². The second-order valence-electron chi connectivity index (χ2n) is 7.11. The highest BCUT2D eigenvalue weighted by Crippen LogP contribution is 2.25. The zero-order chi connectivity index (χ0) is 18.4. The summed E-state index contributed by atoms with van der Waals surface area (Å²) >= 11 is 0. The van der Waals surface area contributed by atoms with Crippen LogP contribution in [0.1, 0.15) is 25.7 Å². The van der Waals surface area contributed by atoms with E-state index in [1.165, 1.54) is 0 Å². The molecule has 11 heteroatoms. The lowest BCUT2D eigenvalue weighted by atomic mass is 10.4. The van der Waals surface area contributed by atoms with E-state index in [0.29, 0.717) is 25.7 Å². The first-order valence-corrected chi connectivity index (χ1v) is 17.2. The monoisotopic (exact) mass is 406 g/mol. The van der Waals surface area contributed by atoms with Gasteiger partial charge in [0.2, 0.25) is 0 Å². The molecule has 0 spiro atoms. The van der Waals surface area contributed by atoms with Crippen molar-refractivity contribution in [2.45, 2.75) is 64.0 Å². The first-order valence-electron chi connectivity index (χ1n) is 7.72. The van der Waals surface area contributed by atoms with Gasteiger partial charge in [0.25, 0.3) is 20.2 Å². The fourth-order valence-corrected chi connectivity index (χ4v) is 12.7. The van der Waals surface area contributed by atoms with E-state index in [4.69, 9.17) is 13.2 Å². The van der Waals surface area contributed by atoms with E-state index in [0.717, 1.165) is 12.1 Å². The van der Waals surface area contributed by atoms with Gasteiger partial charge in [0.05, 0.1) is 11.5 Å². The van der Waals surface area contributed by atoms with Crippen molar-refractivity contribution in [3.05, 3.63) is 0 Å². The highest BCUT2D eigenvalue weighted by atomic mass is 32.2. The van der Waals surface area contributed by atoms with Crippen molar-refractivity contribution in [2.24, 2.45) is 0 Å². The van der Waals surface area contributed by atoms with Gasteiger partial charge in [-0.25, -0.2) is 0 Å². The van der Waals surface area contributed by atoms with Crippen LogP contribution in [0.5, 0.6) is 0 Å². The van der Waals surface area contributed by atoms with Crippen LogP contribution < -0.4 is 0 Å². The lowest BCUT2D eigenvalue weighted by molar-refractivity contribution is 0.478. The van der Waals surface area contributed by atoms with Gasteiger partial charge < -0.3 is 4.12 Å². The molecule has 0 saturated heterocycles. The molecule has 2 N–H and O–H groups in total. The molecule has 0 aliphatic carbocycles. The van der Waals surface area contributed by atoms with Crippen LogP contribution >= 0.6 is 0 Å². The molecule has 0 rings (SSSR count). The van der Waals surface area contributed by atoms with Gasteiger partial charge in [-0.15, -0.1) is 0 Å². The highest BCUT2D eigenvalue weighted by Gasteiger charge is 2.32. The van der Waals surface area contributed by atoms with Crippen LogP contribution in [-0.4, -0.2) is 54.1 Å². The van der Waals surface area contributed by atoms with Crippen molar-refractivity contribution < 1.29 is 30.1 Å². The maximum atomic E-state index is 10.7. The molecule has 0 heterocycles. The molecular weight excluding hydrogens is 376 g/mol. The summed E-state index contributed by atoms with van der Waals surface area (Å²) in [5.74, 6) is -0.429. The van der Waals surface area contributed by atoms with Crippen molar-refractivity contribution in [3.63, 3.8) is 0 Å². The molecule has 0 amide bonds. The molecule has 7 nitrogen and oxygen atoms in total. The molecule has 140 valence electrons. The lowest BCUT2D eigenvalue weighted by Crippen LogP contribution is -2.44. The van der Waals surface area contributed by atoms with Crippen molar-refractivity contribution in [1.82, 2.24) is 0 Å². The molecule has 0 radical (unpaired) electrons. The van der Waals surface area contributed by atoms with Crippen LogP contribution in [-0.2, 0) is 24.4 Å². The number of rotatable bonds is 12. The Labute approximate surface area is 142 Å². The van der Waals surface area contributed by atoms with Gasteiger partial charge in [0.1, 0.15) is 0 Å². The third kappa shape index (κ3) is 15.5. The van der Waals surface area contributed by atoms with E-state index in [1.807, 2.05) is 0 Å². The van der Waals surface area contributed by atoms with E-state index in [-0.39, 0.29) is 11.5 Å². The van der Waals surface area contributed by atoms with Crippen molar-refractivity contribution in [3.8, 4) is 0 Å². The molecule has 0 aromatic heterocycles. The zero-order valence-electron chi connectivity index (χ0n) is 14.4. The average Bonchev–Trinajstić information content (AvgIpc) is 2.27. The largest absolute Gasteiger partial charge is 0.455 e. The minimum absolute atomic E-state index is 0.214. The molecule has 0 aromatic rings. The SMILES string of the molecule is C[Si](C)(CCCCS(=O)(=O)O)O[Si](C)(C)CCCCS(=O)(=O)O. The minimum atomic E-state index is -3.89. The Hall–Kier alpha value is 0.214. The summed E-state index contributed by atoms with van der Waals surface area (Å²) in [7, 11) is -11.6. The fraction of sp³-hybridized carbons (Fsp3) is 1.00. The fourth-order valence-electron chi connectivity index (χ4n) is 2.52. The number of hydrogen-bond acceptors (Lipinski definition) is 5. The summed E-state index contributed by atoms with van der Waals surface area (Å²) in [4.78, 5) is 0.